The first-order chi connectivity index (χ1) is 11.4. The van der Waals surface area contributed by atoms with Crippen LogP contribution in [-0.4, -0.2) is 28.0 Å². The minimum absolute atomic E-state index is 0.470. The molecule has 1 aromatic carbocycles. The third-order valence-electron chi connectivity index (χ3n) is 2.98. The molecule has 0 aliphatic carbocycles. The molecule has 2 aromatic rings. The Morgan fingerprint density at radius 3 is 2.16 bits per heavy atom. The maximum absolute atomic E-state index is 12.4. The van der Waals surface area contributed by atoms with Gasteiger partial charge < -0.3 is 9.47 Å². The molecule has 136 valence electrons. The zero-order valence-electron chi connectivity index (χ0n) is 15.3. The van der Waals surface area contributed by atoms with E-state index >= 15 is 0 Å². The quantitative estimate of drug-likeness (QED) is 0.670. The third-order valence-corrected chi connectivity index (χ3v) is 3.56. The van der Waals surface area contributed by atoms with Crippen molar-refractivity contribution in [3.63, 3.8) is 0 Å². The number of anilines is 1. The Morgan fingerprint density at radius 1 is 1.00 bits per heavy atom. The summed E-state index contributed by atoms with van der Waals surface area (Å²) in [6.45, 7) is 10.8. The predicted octanol–water partition coefficient (Wildman–Crippen LogP) is 5.53. The van der Waals surface area contributed by atoms with Crippen molar-refractivity contribution in [2.75, 3.05) is 5.32 Å². The van der Waals surface area contributed by atoms with Crippen LogP contribution in [0, 0.1) is 0 Å². The van der Waals surface area contributed by atoms with Crippen molar-refractivity contribution in [1.82, 2.24) is 4.57 Å². The summed E-state index contributed by atoms with van der Waals surface area (Å²) in [6.07, 6.45) is -1.00. The largest absolute Gasteiger partial charge is 0.444 e. The Labute approximate surface area is 155 Å². The number of nitrogens with zero attached hydrogens (tertiary/aromatic N) is 1. The van der Waals surface area contributed by atoms with Crippen molar-refractivity contribution in [3.8, 4) is 0 Å². The van der Waals surface area contributed by atoms with E-state index in [0.29, 0.717) is 15.8 Å². The molecular weight excluding hydrogens is 388 g/mol. The summed E-state index contributed by atoms with van der Waals surface area (Å²) < 4.78 is 12.7. The minimum Gasteiger partial charge on any atom is -0.444 e. The van der Waals surface area contributed by atoms with E-state index in [-0.39, 0.29) is 0 Å². The Balaban J connectivity index is 2.28. The summed E-state index contributed by atoms with van der Waals surface area (Å²) in [5.74, 6) is 0. The van der Waals surface area contributed by atoms with Gasteiger partial charge in [-0.05, 0) is 81.7 Å². The molecule has 0 unspecified atom stereocenters. The predicted molar refractivity (Wildman–Crippen MR) is 101 cm³/mol. The number of fused-ring (bicyclic) bond motifs is 1. The van der Waals surface area contributed by atoms with Crippen LogP contribution in [0.15, 0.2) is 28.9 Å². The van der Waals surface area contributed by atoms with Crippen LogP contribution in [0.5, 0.6) is 0 Å². The number of ether oxygens (including phenoxy) is 2. The maximum Gasteiger partial charge on any atom is 0.419 e. The average Bonchev–Trinajstić information content (AvgIpc) is 2.69. The number of halogens is 1. The van der Waals surface area contributed by atoms with E-state index in [1.165, 1.54) is 4.57 Å². The lowest BCUT2D eigenvalue weighted by Crippen LogP contribution is -2.27. The number of rotatable bonds is 1. The summed E-state index contributed by atoms with van der Waals surface area (Å²) in [5, 5.41) is 3.47. The number of benzene rings is 1. The van der Waals surface area contributed by atoms with Crippen LogP contribution in [0.4, 0.5) is 15.3 Å². The fraction of sp³-hybridized carbons (Fsp3) is 0.444. The van der Waals surface area contributed by atoms with Gasteiger partial charge in [-0.2, -0.15) is 0 Å². The Morgan fingerprint density at radius 2 is 1.60 bits per heavy atom. The molecule has 0 fully saturated rings. The van der Waals surface area contributed by atoms with Gasteiger partial charge in [0.1, 0.15) is 11.2 Å². The van der Waals surface area contributed by atoms with Gasteiger partial charge >= 0.3 is 12.2 Å². The first-order valence-corrected chi connectivity index (χ1v) is 8.69. The van der Waals surface area contributed by atoms with Gasteiger partial charge in [-0.3, -0.25) is 5.32 Å². The first-order valence-electron chi connectivity index (χ1n) is 7.90. The number of carbonyl (C=O) groups excluding carboxylic acids is 2. The van der Waals surface area contributed by atoms with Crippen LogP contribution < -0.4 is 5.32 Å². The number of hydrogen-bond acceptors (Lipinski definition) is 4. The van der Waals surface area contributed by atoms with Gasteiger partial charge in [-0.25, -0.2) is 14.2 Å². The highest BCUT2D eigenvalue weighted by atomic mass is 79.9. The van der Waals surface area contributed by atoms with Gasteiger partial charge in [0.25, 0.3) is 0 Å². The van der Waals surface area contributed by atoms with Crippen LogP contribution in [0.2, 0.25) is 0 Å². The van der Waals surface area contributed by atoms with Gasteiger partial charge in [0.05, 0.1) is 10.1 Å². The average molecular weight is 411 g/mol. The van der Waals surface area contributed by atoms with E-state index in [0.717, 1.165) is 5.39 Å². The first kappa shape index (κ1) is 19.3. The molecule has 0 saturated carbocycles. The molecule has 2 rings (SSSR count). The van der Waals surface area contributed by atoms with Crippen LogP contribution >= 0.6 is 15.9 Å². The second-order valence-electron chi connectivity index (χ2n) is 7.68. The summed E-state index contributed by atoms with van der Waals surface area (Å²) in [5.41, 5.74) is 0.0919. The number of amides is 1. The van der Waals surface area contributed by atoms with Crippen LogP contribution in [0.25, 0.3) is 10.9 Å². The molecule has 25 heavy (non-hydrogen) atoms. The fourth-order valence-corrected chi connectivity index (χ4v) is 2.76. The van der Waals surface area contributed by atoms with Crippen molar-refractivity contribution in [2.45, 2.75) is 52.7 Å². The minimum atomic E-state index is -0.592. The molecule has 0 bridgehead atoms. The second-order valence-corrected chi connectivity index (χ2v) is 8.50. The van der Waals surface area contributed by atoms with Gasteiger partial charge in [-0.15, -0.1) is 0 Å². The second kappa shape index (κ2) is 6.71. The highest BCUT2D eigenvalue weighted by Crippen LogP contribution is 2.28. The highest BCUT2D eigenvalue weighted by molar-refractivity contribution is 9.10. The van der Waals surface area contributed by atoms with Crippen molar-refractivity contribution in [2.24, 2.45) is 0 Å². The van der Waals surface area contributed by atoms with E-state index in [1.807, 2.05) is 20.8 Å². The van der Waals surface area contributed by atoms with Crippen LogP contribution in [-0.2, 0) is 9.47 Å². The van der Waals surface area contributed by atoms with Crippen molar-refractivity contribution >= 4 is 44.7 Å². The molecule has 6 nitrogen and oxygen atoms in total. The van der Waals surface area contributed by atoms with E-state index < -0.39 is 23.4 Å². The number of hydrogen-bond donors (Lipinski definition) is 1. The number of nitrogens with one attached hydrogen (secondary N) is 1. The monoisotopic (exact) mass is 410 g/mol. The molecule has 0 saturated heterocycles. The summed E-state index contributed by atoms with van der Waals surface area (Å²) >= 11 is 3.38. The van der Waals surface area contributed by atoms with E-state index in [2.05, 4.69) is 21.2 Å². The molecule has 0 radical (unpaired) electrons. The molecule has 0 atom stereocenters. The van der Waals surface area contributed by atoms with Crippen molar-refractivity contribution in [1.29, 1.82) is 0 Å². The lowest BCUT2D eigenvalue weighted by Gasteiger charge is -2.20. The fourth-order valence-electron chi connectivity index (χ4n) is 2.17. The van der Waals surface area contributed by atoms with Crippen LogP contribution in [0.3, 0.4) is 0 Å². The molecule has 1 heterocycles. The molecule has 7 heteroatoms. The molecule has 0 aliphatic rings. The van der Waals surface area contributed by atoms with Crippen molar-refractivity contribution in [3.05, 3.63) is 28.9 Å². The molecular formula is C18H23BrN2O4. The van der Waals surface area contributed by atoms with Gasteiger partial charge in [-0.1, -0.05) is 0 Å². The van der Waals surface area contributed by atoms with Crippen molar-refractivity contribution < 1.29 is 19.1 Å². The van der Waals surface area contributed by atoms with Crippen LogP contribution in [0.1, 0.15) is 41.5 Å². The zero-order chi connectivity index (χ0) is 19.0. The lowest BCUT2D eigenvalue weighted by molar-refractivity contribution is 0.0539. The smallest absolute Gasteiger partial charge is 0.419 e. The van der Waals surface area contributed by atoms with E-state index in [1.54, 1.807) is 45.0 Å². The summed E-state index contributed by atoms with van der Waals surface area (Å²) in [6, 6.07) is 7.01. The highest BCUT2D eigenvalue weighted by Gasteiger charge is 2.22. The van der Waals surface area contributed by atoms with Gasteiger partial charge in [0.15, 0.2) is 0 Å². The molecule has 1 N–H and O–H groups in total. The zero-order valence-corrected chi connectivity index (χ0v) is 16.9. The van der Waals surface area contributed by atoms with E-state index in [9.17, 15) is 9.59 Å². The van der Waals surface area contributed by atoms with Gasteiger partial charge in [0, 0.05) is 11.1 Å². The van der Waals surface area contributed by atoms with E-state index in [4.69, 9.17) is 9.47 Å². The number of aromatic nitrogens is 1. The standard InChI is InChI=1S/C18H23BrN2O4/c1-17(2,3)24-15(22)20-12-7-8-13-11(9-12)10-14(19)21(13)16(23)25-18(4,5)6/h7-10H,1-6H3,(H,20,22). The molecule has 0 spiro atoms. The molecule has 1 aromatic heterocycles. The van der Waals surface area contributed by atoms with Gasteiger partial charge in [0.2, 0.25) is 0 Å². The Hall–Kier alpha value is -2.02. The topological polar surface area (TPSA) is 69.6 Å². The Bertz CT molecular complexity index is 813. The lowest BCUT2D eigenvalue weighted by atomic mass is 10.2. The normalized spacial score (nSPS) is 12.1. The Kier molecular flexibility index (Phi) is 5.18. The third kappa shape index (κ3) is 5.22. The number of carbonyl (C=O) groups is 2. The summed E-state index contributed by atoms with van der Waals surface area (Å²) in [7, 11) is 0. The SMILES string of the molecule is CC(C)(C)OC(=O)Nc1ccc2c(c1)cc(Br)n2C(=O)OC(C)(C)C. The molecule has 1 amide bonds. The summed E-state index contributed by atoms with van der Waals surface area (Å²) in [4.78, 5) is 24.3. The maximum atomic E-state index is 12.4. The molecule has 0 aliphatic heterocycles.